The minimum Gasteiger partial charge on any atom is -0.453 e. The number of hydrogen-bond acceptors (Lipinski definition) is 10. The number of nitrogens with zero attached hydrogens (tertiary/aromatic N) is 7. The fourth-order valence-electron chi connectivity index (χ4n) is 7.73. The number of imidazole rings is 1. The monoisotopic (exact) mass is 824 g/mol. The summed E-state index contributed by atoms with van der Waals surface area (Å²) in [6.45, 7) is 7.25. The van der Waals surface area contributed by atoms with Crippen molar-refractivity contribution in [3.8, 4) is 16.9 Å². The van der Waals surface area contributed by atoms with Gasteiger partial charge in [-0.05, 0) is 110 Å². The number of carbonyl (C=O) groups excluding carboxylic acids is 3. The molecule has 0 radical (unpaired) electrons. The summed E-state index contributed by atoms with van der Waals surface area (Å²) in [7, 11) is 1.30. The van der Waals surface area contributed by atoms with E-state index in [9.17, 15) is 18.8 Å². The SMILES string of the molecule is COC(=O)Nc1ccc(-c2cnc(C3C(c4ccc(F)cc4)CC(N4CCC(NC(=O)OC(C)(C)C)CC4)CN3C(=O)/C=C/c3cc(Cl)ccc3-n3cnnn3)[nH]2)cc1. The molecular weight excluding hydrogens is 779 g/mol. The highest BCUT2D eigenvalue weighted by atomic mass is 35.5. The van der Waals surface area contributed by atoms with Gasteiger partial charge in [0.2, 0.25) is 5.91 Å². The van der Waals surface area contributed by atoms with E-state index in [1.807, 2.05) is 37.8 Å². The number of H-pyrrole nitrogens is 1. The Morgan fingerprint density at radius 2 is 1.75 bits per heavy atom. The number of benzene rings is 3. The van der Waals surface area contributed by atoms with Crippen LogP contribution in [-0.2, 0) is 14.3 Å². The molecule has 2 saturated heterocycles. The number of alkyl carbamates (subject to hydrolysis) is 1. The van der Waals surface area contributed by atoms with Crippen LogP contribution in [0.4, 0.5) is 19.7 Å². The molecule has 3 aromatic carbocycles. The molecular formula is C42H46ClFN10O5. The number of carbonyl (C=O) groups is 3. The Hall–Kier alpha value is -6.13. The van der Waals surface area contributed by atoms with E-state index >= 15 is 0 Å². The zero-order chi connectivity index (χ0) is 41.7. The molecule has 0 saturated carbocycles. The molecule has 2 aliphatic rings. The first kappa shape index (κ1) is 41.0. The van der Waals surface area contributed by atoms with Gasteiger partial charge in [-0.3, -0.25) is 15.0 Å². The van der Waals surface area contributed by atoms with Crippen LogP contribution in [0.5, 0.6) is 0 Å². The predicted molar refractivity (Wildman–Crippen MR) is 219 cm³/mol. The zero-order valence-electron chi connectivity index (χ0n) is 33.1. The van der Waals surface area contributed by atoms with Crippen LogP contribution in [0.3, 0.4) is 0 Å². The molecule has 0 bridgehead atoms. The van der Waals surface area contributed by atoms with Crippen LogP contribution in [0, 0.1) is 5.82 Å². The number of piperidine rings is 2. The van der Waals surface area contributed by atoms with Crippen LogP contribution >= 0.6 is 11.6 Å². The molecule has 59 heavy (non-hydrogen) atoms. The lowest BCUT2D eigenvalue weighted by Crippen LogP contribution is -2.56. The van der Waals surface area contributed by atoms with Crippen molar-refractivity contribution in [1.82, 2.24) is 45.3 Å². The van der Waals surface area contributed by atoms with Gasteiger partial charge in [0.05, 0.1) is 30.7 Å². The molecule has 0 aliphatic carbocycles. The fraction of sp³-hybridized carbons (Fsp3) is 0.357. The topological polar surface area (TPSA) is 172 Å². The second-order valence-corrected chi connectivity index (χ2v) is 16.0. The van der Waals surface area contributed by atoms with Crippen molar-refractivity contribution in [2.45, 2.75) is 69.7 Å². The molecule has 2 fully saturated rings. The van der Waals surface area contributed by atoms with Crippen LogP contribution in [0.2, 0.25) is 5.02 Å². The minimum absolute atomic E-state index is 0.0510. The Labute approximate surface area is 345 Å². The Morgan fingerprint density at radius 1 is 1.00 bits per heavy atom. The number of aromatic nitrogens is 6. The lowest BCUT2D eigenvalue weighted by Gasteiger charge is -2.48. The lowest BCUT2D eigenvalue weighted by molar-refractivity contribution is -0.132. The van der Waals surface area contributed by atoms with E-state index in [0.29, 0.717) is 72.4 Å². The number of likely N-dealkylation sites (tertiary alicyclic amines) is 2. The highest BCUT2D eigenvalue weighted by molar-refractivity contribution is 6.30. The second-order valence-electron chi connectivity index (χ2n) is 15.6. The van der Waals surface area contributed by atoms with Crippen molar-refractivity contribution in [2.24, 2.45) is 0 Å². The molecule has 7 rings (SSSR count). The average Bonchev–Trinajstić information content (AvgIpc) is 3.94. The highest BCUT2D eigenvalue weighted by Gasteiger charge is 2.43. The molecule has 15 nitrogen and oxygen atoms in total. The number of methoxy groups -OCH3 is 1. The van der Waals surface area contributed by atoms with Gasteiger partial charge >= 0.3 is 12.2 Å². The van der Waals surface area contributed by atoms with Crippen LogP contribution in [0.1, 0.15) is 68.9 Å². The van der Waals surface area contributed by atoms with E-state index in [4.69, 9.17) is 26.1 Å². The van der Waals surface area contributed by atoms with Gasteiger partial charge in [0.15, 0.2) is 0 Å². The maximum atomic E-state index is 14.7. The number of anilines is 1. The summed E-state index contributed by atoms with van der Waals surface area (Å²) in [5.41, 5.74) is 3.59. The molecule has 0 spiro atoms. The molecule has 308 valence electrons. The molecule has 4 heterocycles. The number of tetrazole rings is 1. The summed E-state index contributed by atoms with van der Waals surface area (Å²) in [4.78, 5) is 51.6. The Bertz CT molecular complexity index is 2270. The van der Waals surface area contributed by atoms with E-state index in [1.165, 1.54) is 36.3 Å². The maximum absolute atomic E-state index is 14.7. The normalized spacial score (nSPS) is 19.1. The molecule has 2 aliphatic heterocycles. The van der Waals surface area contributed by atoms with E-state index in [-0.39, 0.29) is 29.7 Å². The predicted octanol–water partition coefficient (Wildman–Crippen LogP) is 7.15. The summed E-state index contributed by atoms with van der Waals surface area (Å²) in [5, 5.41) is 17.7. The van der Waals surface area contributed by atoms with Gasteiger partial charge in [0.25, 0.3) is 0 Å². The fourth-order valence-corrected chi connectivity index (χ4v) is 7.91. The van der Waals surface area contributed by atoms with Crippen LogP contribution < -0.4 is 10.6 Å². The van der Waals surface area contributed by atoms with Crippen molar-refractivity contribution < 1.29 is 28.2 Å². The van der Waals surface area contributed by atoms with E-state index < -0.39 is 23.8 Å². The number of rotatable bonds is 9. The first-order valence-electron chi connectivity index (χ1n) is 19.3. The smallest absolute Gasteiger partial charge is 0.411 e. The quantitative estimate of drug-likeness (QED) is 0.130. The third kappa shape index (κ3) is 10.1. The Morgan fingerprint density at radius 3 is 2.42 bits per heavy atom. The number of hydrogen-bond donors (Lipinski definition) is 3. The summed E-state index contributed by atoms with van der Waals surface area (Å²) < 4.78 is 26.1. The maximum Gasteiger partial charge on any atom is 0.411 e. The number of ether oxygens (including phenoxy) is 2. The molecule has 17 heteroatoms. The van der Waals surface area contributed by atoms with Crippen molar-refractivity contribution in [2.75, 3.05) is 32.1 Å². The van der Waals surface area contributed by atoms with Gasteiger partial charge in [-0.2, -0.15) is 4.68 Å². The van der Waals surface area contributed by atoms with Crippen LogP contribution in [-0.4, -0.2) is 102 Å². The average molecular weight is 825 g/mol. The van der Waals surface area contributed by atoms with Crippen molar-refractivity contribution in [3.63, 3.8) is 0 Å². The Kier molecular flexibility index (Phi) is 12.4. The van der Waals surface area contributed by atoms with Gasteiger partial charge in [-0.1, -0.05) is 35.9 Å². The third-order valence-corrected chi connectivity index (χ3v) is 10.7. The van der Waals surface area contributed by atoms with Crippen LogP contribution in [0.25, 0.3) is 23.0 Å². The van der Waals surface area contributed by atoms with Crippen LogP contribution in [0.15, 0.2) is 85.3 Å². The van der Waals surface area contributed by atoms with E-state index in [2.05, 4.69) is 36.0 Å². The summed E-state index contributed by atoms with van der Waals surface area (Å²) in [6, 6.07) is 18.1. The zero-order valence-corrected chi connectivity index (χ0v) is 33.9. The molecule has 5 aromatic rings. The van der Waals surface area contributed by atoms with E-state index in [1.54, 1.807) is 54.7 Å². The lowest BCUT2D eigenvalue weighted by atomic mass is 9.80. The molecule has 3 N–H and O–H groups in total. The first-order chi connectivity index (χ1) is 28.3. The number of halogens is 2. The molecule has 2 aromatic heterocycles. The Balaban J connectivity index is 1.22. The standard InChI is InChI=1S/C42H46ClFN10O5/c1-42(2,3)59-41(57)48-32-17-19-52(20-18-32)33-22-34(26-5-11-30(44)12-6-26)38(39-45-23-35(49-39)27-7-13-31(14-8-27)47-40(56)58-4)53(24-33)37(55)16-9-28-21-29(43)10-15-36(28)54-25-46-50-51-54/h5-16,21,23,25,32-34,38H,17-20,22,24H2,1-4H3,(H,45,49)(H,47,56)(H,48,57)/b16-9+. The number of amides is 3. The van der Waals surface area contributed by atoms with Crippen molar-refractivity contribution in [3.05, 3.63) is 113 Å². The largest absolute Gasteiger partial charge is 0.453 e. The number of aromatic amines is 1. The van der Waals surface area contributed by atoms with Gasteiger partial charge in [0.1, 0.15) is 23.6 Å². The van der Waals surface area contributed by atoms with Crippen molar-refractivity contribution >= 4 is 41.5 Å². The van der Waals surface area contributed by atoms with Gasteiger partial charge in [-0.25, -0.2) is 19.0 Å². The first-order valence-corrected chi connectivity index (χ1v) is 19.7. The third-order valence-electron chi connectivity index (χ3n) is 10.5. The second kappa shape index (κ2) is 17.8. The summed E-state index contributed by atoms with van der Waals surface area (Å²) in [6.07, 6.45) is 7.45. The molecule has 3 amide bonds. The molecule has 3 atom stereocenters. The van der Waals surface area contributed by atoms with Gasteiger partial charge < -0.3 is 24.7 Å². The number of nitrogens with one attached hydrogen (secondary N) is 3. The minimum atomic E-state index is -0.603. The highest BCUT2D eigenvalue weighted by Crippen LogP contribution is 2.44. The van der Waals surface area contributed by atoms with Gasteiger partial charge in [-0.15, -0.1) is 5.10 Å². The van der Waals surface area contributed by atoms with Crippen molar-refractivity contribution in [1.29, 1.82) is 0 Å². The van der Waals surface area contributed by atoms with E-state index in [0.717, 1.165) is 11.1 Å². The summed E-state index contributed by atoms with van der Waals surface area (Å²) >= 11 is 6.42. The summed E-state index contributed by atoms with van der Waals surface area (Å²) in [5.74, 6) is -0.368. The molecule has 3 unspecified atom stereocenters. The van der Waals surface area contributed by atoms with Gasteiger partial charge in [0, 0.05) is 60.0 Å².